The van der Waals surface area contributed by atoms with Crippen molar-refractivity contribution in [2.75, 3.05) is 11.6 Å². The number of amides is 1. The van der Waals surface area contributed by atoms with Crippen molar-refractivity contribution >= 4 is 17.7 Å². The van der Waals surface area contributed by atoms with Gasteiger partial charge in [0.15, 0.2) is 0 Å². The van der Waals surface area contributed by atoms with Crippen LogP contribution in [-0.4, -0.2) is 17.5 Å². The third-order valence-electron chi connectivity index (χ3n) is 0.605. The molecule has 1 N–H and O–H groups in total. The van der Waals surface area contributed by atoms with Gasteiger partial charge in [-0.3, -0.25) is 4.79 Å². The minimum atomic E-state index is 0. The molecule has 0 spiro atoms. The molecular weight excluding hydrogens is 121 g/mol. The average Bonchev–Trinajstić information content (AvgIpc) is 1.86. The number of nitrogens with one attached hydrogen (secondary N) is 1. The van der Waals surface area contributed by atoms with Crippen molar-refractivity contribution in [3.05, 3.63) is 0 Å². The van der Waals surface area contributed by atoms with Gasteiger partial charge in [-0.05, 0) is 0 Å². The molecule has 0 aromatic heterocycles. The zero-order chi connectivity index (χ0) is 4.41. The molecule has 0 bridgehead atoms. The Bertz CT molecular complexity index is 73.7. The molecule has 0 atom stereocenters. The standard InChI is InChI=1S/C3H5NOS.Na.H/c5-3-1-6-2-4-3;;/h1-2H2,(H,4,5);;/q;+1;-1. The molecule has 0 aliphatic carbocycles. The summed E-state index contributed by atoms with van der Waals surface area (Å²) >= 11 is 1.62. The van der Waals surface area contributed by atoms with Crippen LogP contribution in [0, 0.1) is 0 Å². The Kier molecular flexibility index (Phi) is 4.22. The molecule has 1 aliphatic rings. The summed E-state index contributed by atoms with van der Waals surface area (Å²) in [5, 5.41) is 2.64. The predicted octanol–water partition coefficient (Wildman–Crippen LogP) is -3.08. The van der Waals surface area contributed by atoms with Crippen molar-refractivity contribution in [2.45, 2.75) is 0 Å². The van der Waals surface area contributed by atoms with Gasteiger partial charge in [0.2, 0.25) is 5.91 Å². The fraction of sp³-hybridized carbons (Fsp3) is 0.667. The molecule has 0 aromatic carbocycles. The fourth-order valence-electron chi connectivity index (χ4n) is 0.326. The maximum Gasteiger partial charge on any atom is 1.00 e. The molecule has 1 rings (SSSR count). The third-order valence-corrected chi connectivity index (χ3v) is 1.42. The van der Waals surface area contributed by atoms with Crippen molar-refractivity contribution in [2.24, 2.45) is 0 Å². The van der Waals surface area contributed by atoms with Crippen LogP contribution < -0.4 is 34.9 Å². The summed E-state index contributed by atoms with van der Waals surface area (Å²) < 4.78 is 0. The molecule has 4 heteroatoms. The molecule has 1 saturated heterocycles. The van der Waals surface area contributed by atoms with Gasteiger partial charge < -0.3 is 6.74 Å². The monoisotopic (exact) mass is 127 g/mol. The van der Waals surface area contributed by atoms with E-state index < -0.39 is 0 Å². The van der Waals surface area contributed by atoms with Crippen molar-refractivity contribution in [1.82, 2.24) is 5.32 Å². The maximum atomic E-state index is 10.1. The Morgan fingerprint density at radius 2 is 2.57 bits per heavy atom. The zero-order valence-corrected chi connectivity index (χ0v) is 7.05. The van der Waals surface area contributed by atoms with E-state index >= 15 is 0 Å². The SMILES string of the molecule is O=C1CSCN1.[H-].[Na+]. The second kappa shape index (κ2) is 3.78. The number of thioether (sulfide) groups is 1. The molecule has 1 aliphatic heterocycles. The van der Waals surface area contributed by atoms with E-state index in [2.05, 4.69) is 5.32 Å². The van der Waals surface area contributed by atoms with Gasteiger partial charge in [-0.25, -0.2) is 0 Å². The van der Waals surface area contributed by atoms with E-state index in [9.17, 15) is 4.79 Å². The van der Waals surface area contributed by atoms with E-state index in [1.165, 1.54) is 0 Å². The molecule has 36 valence electrons. The summed E-state index contributed by atoms with van der Waals surface area (Å²) in [7, 11) is 0. The van der Waals surface area contributed by atoms with Gasteiger partial charge in [-0.1, -0.05) is 0 Å². The summed E-state index contributed by atoms with van der Waals surface area (Å²) in [6.45, 7) is 0. The van der Waals surface area contributed by atoms with Crippen LogP contribution in [0.4, 0.5) is 0 Å². The number of carbonyl (C=O) groups excluding carboxylic acids is 1. The molecule has 1 fully saturated rings. The van der Waals surface area contributed by atoms with Gasteiger partial charge in [0.1, 0.15) is 0 Å². The summed E-state index contributed by atoms with van der Waals surface area (Å²) in [6, 6.07) is 0. The second-order valence-electron chi connectivity index (χ2n) is 1.09. The first-order valence-electron chi connectivity index (χ1n) is 1.74. The van der Waals surface area contributed by atoms with Crippen LogP contribution in [0.5, 0.6) is 0 Å². The molecule has 0 radical (unpaired) electrons. The summed E-state index contributed by atoms with van der Waals surface area (Å²) in [4.78, 5) is 10.1. The van der Waals surface area contributed by atoms with E-state index in [4.69, 9.17) is 0 Å². The van der Waals surface area contributed by atoms with Crippen LogP contribution in [0.3, 0.4) is 0 Å². The Balaban J connectivity index is 0. The minimum Gasteiger partial charge on any atom is -1.00 e. The normalized spacial score (nSPS) is 18.0. The Morgan fingerprint density at radius 1 is 1.86 bits per heavy atom. The van der Waals surface area contributed by atoms with Crippen LogP contribution in [0.2, 0.25) is 0 Å². The van der Waals surface area contributed by atoms with Gasteiger partial charge in [0, 0.05) is 0 Å². The van der Waals surface area contributed by atoms with Gasteiger partial charge in [0.05, 0.1) is 11.6 Å². The minimum absolute atomic E-state index is 0. The van der Waals surface area contributed by atoms with E-state index in [0.29, 0.717) is 5.75 Å². The summed E-state index contributed by atoms with van der Waals surface area (Å²) in [6.07, 6.45) is 0. The van der Waals surface area contributed by atoms with Crippen LogP contribution in [-0.2, 0) is 4.79 Å². The van der Waals surface area contributed by atoms with E-state index in [1.54, 1.807) is 11.8 Å². The smallest absolute Gasteiger partial charge is 1.00 e. The van der Waals surface area contributed by atoms with Gasteiger partial charge >= 0.3 is 29.6 Å². The van der Waals surface area contributed by atoms with Gasteiger partial charge in [-0.15, -0.1) is 11.8 Å². The van der Waals surface area contributed by atoms with E-state index in [1.807, 2.05) is 0 Å². The number of rotatable bonds is 0. The zero-order valence-electron chi connectivity index (χ0n) is 5.23. The molecule has 0 aromatic rings. The number of hydrogen-bond acceptors (Lipinski definition) is 2. The van der Waals surface area contributed by atoms with Crippen LogP contribution in [0.25, 0.3) is 0 Å². The summed E-state index contributed by atoms with van der Waals surface area (Å²) in [5.74, 6) is 1.62. The van der Waals surface area contributed by atoms with Crippen molar-refractivity contribution in [3.8, 4) is 0 Å². The Labute approximate surface area is 70.2 Å². The third kappa shape index (κ3) is 2.59. The largest absolute Gasteiger partial charge is 1.00 e. The first-order valence-corrected chi connectivity index (χ1v) is 2.89. The Morgan fingerprint density at radius 3 is 2.71 bits per heavy atom. The van der Waals surface area contributed by atoms with Crippen LogP contribution >= 0.6 is 11.8 Å². The first kappa shape index (κ1) is 7.82. The Hall–Kier alpha value is 0.820. The molecule has 1 heterocycles. The van der Waals surface area contributed by atoms with Gasteiger partial charge in [0.25, 0.3) is 0 Å². The molecular formula is C3H6NNaOS. The molecule has 1 amide bonds. The fourth-order valence-corrected chi connectivity index (χ4v) is 0.979. The predicted molar refractivity (Wildman–Crippen MR) is 26.6 cm³/mol. The second-order valence-corrected chi connectivity index (χ2v) is 2.08. The topological polar surface area (TPSA) is 29.1 Å². The number of hydrogen-bond donors (Lipinski definition) is 1. The molecule has 0 saturated carbocycles. The van der Waals surface area contributed by atoms with E-state index in [0.717, 1.165) is 5.88 Å². The van der Waals surface area contributed by atoms with Crippen molar-refractivity contribution in [1.29, 1.82) is 0 Å². The van der Waals surface area contributed by atoms with Crippen LogP contribution in [0.15, 0.2) is 0 Å². The van der Waals surface area contributed by atoms with Gasteiger partial charge in [-0.2, -0.15) is 0 Å². The van der Waals surface area contributed by atoms with Crippen LogP contribution in [0.1, 0.15) is 1.43 Å². The number of carbonyl (C=O) groups is 1. The maximum absolute atomic E-state index is 10.1. The molecule has 2 nitrogen and oxygen atoms in total. The molecule has 0 unspecified atom stereocenters. The molecule has 7 heavy (non-hydrogen) atoms. The summed E-state index contributed by atoms with van der Waals surface area (Å²) in [5.41, 5.74) is 0. The van der Waals surface area contributed by atoms with Crippen molar-refractivity contribution < 1.29 is 35.8 Å². The quantitative estimate of drug-likeness (QED) is 0.350. The van der Waals surface area contributed by atoms with E-state index in [-0.39, 0.29) is 36.9 Å². The van der Waals surface area contributed by atoms with Crippen molar-refractivity contribution in [3.63, 3.8) is 0 Å². The average molecular weight is 127 g/mol. The first-order chi connectivity index (χ1) is 2.89.